The largest absolute Gasteiger partial charge is 0.457 e. The van der Waals surface area contributed by atoms with Crippen molar-refractivity contribution in [2.75, 3.05) is 5.32 Å². The molecule has 0 radical (unpaired) electrons. The average Bonchev–Trinajstić information content (AvgIpc) is 3.03. The number of Topliss-reactive ketones (excluding diaryl/α,β-unsaturated/α-hetero) is 1. The predicted octanol–water partition coefficient (Wildman–Crippen LogP) is 6.07. The summed E-state index contributed by atoms with van der Waals surface area (Å²) >= 11 is 0. The summed E-state index contributed by atoms with van der Waals surface area (Å²) in [5.74, 6) is 1.70. The van der Waals surface area contributed by atoms with Crippen LogP contribution in [0.25, 0.3) is 11.0 Å². The summed E-state index contributed by atoms with van der Waals surface area (Å²) < 4.78 is 22.2. The highest BCUT2D eigenvalue weighted by Crippen LogP contribution is 2.31. The van der Waals surface area contributed by atoms with Crippen LogP contribution in [0.3, 0.4) is 0 Å². The van der Waals surface area contributed by atoms with E-state index in [0.717, 1.165) is 16.7 Å². The van der Waals surface area contributed by atoms with Crippen LogP contribution in [0.2, 0.25) is 0 Å². The molecule has 2 aromatic carbocycles. The number of ketones is 1. The van der Waals surface area contributed by atoms with E-state index in [0.29, 0.717) is 28.7 Å². The molecule has 0 aliphatic carbocycles. The number of hydrogen-bond donors (Lipinski definition) is 1. The molecule has 4 aromatic rings. The number of anilines is 2. The van der Waals surface area contributed by atoms with E-state index >= 15 is 0 Å². The van der Waals surface area contributed by atoms with E-state index in [1.165, 1.54) is 13.0 Å². The van der Waals surface area contributed by atoms with E-state index in [9.17, 15) is 9.18 Å². The smallest absolute Gasteiger partial charge is 0.208 e. The molecule has 2 aromatic heterocycles. The monoisotopic (exact) mass is 446 g/mol. The van der Waals surface area contributed by atoms with Gasteiger partial charge in [0.2, 0.25) is 5.95 Å². The van der Waals surface area contributed by atoms with Crippen molar-refractivity contribution in [3.8, 4) is 11.5 Å². The van der Waals surface area contributed by atoms with Gasteiger partial charge in [0, 0.05) is 37.5 Å². The van der Waals surface area contributed by atoms with Crippen LogP contribution in [0.4, 0.5) is 16.0 Å². The van der Waals surface area contributed by atoms with Crippen LogP contribution in [0.15, 0.2) is 54.7 Å². The molecule has 33 heavy (non-hydrogen) atoms. The van der Waals surface area contributed by atoms with Crippen molar-refractivity contribution in [3.05, 3.63) is 71.8 Å². The maximum atomic E-state index is 14.3. The summed E-state index contributed by atoms with van der Waals surface area (Å²) in [6.45, 7) is 7.48. The zero-order valence-corrected chi connectivity index (χ0v) is 19.4. The summed E-state index contributed by atoms with van der Waals surface area (Å²) in [6.07, 6.45) is 1.90. The van der Waals surface area contributed by atoms with Crippen LogP contribution in [-0.2, 0) is 23.7 Å². The van der Waals surface area contributed by atoms with E-state index in [1.54, 1.807) is 24.4 Å². The van der Waals surface area contributed by atoms with Crippen molar-refractivity contribution >= 4 is 28.5 Å². The fourth-order valence-corrected chi connectivity index (χ4v) is 3.67. The Bertz CT molecular complexity index is 1340. The SMILES string of the molecule is CC(=O)Cc1cc(Oc2ccc3c(c2)nc(Nc2ccc(F)c(C(C)(C)C)c2)n3C)ccn1. The Morgan fingerprint density at radius 1 is 1.09 bits per heavy atom. The predicted molar refractivity (Wildman–Crippen MR) is 128 cm³/mol. The van der Waals surface area contributed by atoms with Crippen LogP contribution < -0.4 is 10.1 Å². The number of imidazole rings is 1. The number of nitrogens with one attached hydrogen (secondary N) is 1. The summed E-state index contributed by atoms with van der Waals surface area (Å²) in [7, 11) is 1.92. The number of rotatable bonds is 6. The zero-order chi connectivity index (χ0) is 23.8. The lowest BCUT2D eigenvalue weighted by Crippen LogP contribution is -2.14. The first kappa shape index (κ1) is 22.5. The standard InChI is InChI=1S/C26H27FN4O2/c1-16(32)12-18-13-20(10-11-28-18)33-19-7-9-24-23(15-19)30-25(31(24)5)29-17-6-8-22(27)21(14-17)26(2,3)4/h6-11,13-15H,12H2,1-5H3,(H,29,30). The molecule has 2 heterocycles. The Hall–Kier alpha value is -3.74. The van der Waals surface area contributed by atoms with Gasteiger partial charge in [0.05, 0.1) is 16.7 Å². The molecule has 0 amide bonds. The molecule has 0 aliphatic rings. The van der Waals surface area contributed by atoms with Gasteiger partial charge in [0.1, 0.15) is 23.1 Å². The second-order valence-corrected chi connectivity index (χ2v) is 9.18. The lowest BCUT2D eigenvalue weighted by molar-refractivity contribution is -0.116. The first-order valence-electron chi connectivity index (χ1n) is 10.8. The molecule has 0 spiro atoms. The van der Waals surface area contributed by atoms with Crippen molar-refractivity contribution in [1.82, 2.24) is 14.5 Å². The van der Waals surface area contributed by atoms with Crippen molar-refractivity contribution in [2.24, 2.45) is 7.05 Å². The number of fused-ring (bicyclic) bond motifs is 1. The van der Waals surface area contributed by atoms with Crippen LogP contribution in [0.1, 0.15) is 39.0 Å². The molecule has 0 saturated carbocycles. The van der Waals surface area contributed by atoms with Crippen LogP contribution >= 0.6 is 0 Å². The van der Waals surface area contributed by atoms with Gasteiger partial charge in [-0.05, 0) is 54.3 Å². The van der Waals surface area contributed by atoms with Gasteiger partial charge in [-0.1, -0.05) is 20.8 Å². The average molecular weight is 447 g/mol. The summed E-state index contributed by atoms with van der Waals surface area (Å²) in [5.41, 5.74) is 3.45. The van der Waals surface area contributed by atoms with Gasteiger partial charge >= 0.3 is 0 Å². The number of aromatic nitrogens is 3. The number of ether oxygens (including phenoxy) is 1. The van der Waals surface area contributed by atoms with E-state index in [1.807, 2.05) is 56.7 Å². The number of nitrogens with zero attached hydrogens (tertiary/aromatic N) is 3. The number of pyridine rings is 1. The number of benzene rings is 2. The highest BCUT2D eigenvalue weighted by molar-refractivity contribution is 5.81. The summed E-state index contributed by atoms with van der Waals surface area (Å²) in [4.78, 5) is 20.3. The van der Waals surface area contributed by atoms with Crippen molar-refractivity contribution in [3.63, 3.8) is 0 Å². The Morgan fingerprint density at radius 2 is 1.85 bits per heavy atom. The van der Waals surface area contributed by atoms with Gasteiger partial charge in [-0.2, -0.15) is 0 Å². The van der Waals surface area contributed by atoms with Crippen molar-refractivity contribution in [1.29, 1.82) is 0 Å². The molecular formula is C26H27FN4O2. The molecule has 7 heteroatoms. The highest BCUT2D eigenvalue weighted by Gasteiger charge is 2.19. The molecule has 6 nitrogen and oxygen atoms in total. The number of carbonyl (C=O) groups excluding carboxylic acids is 1. The van der Waals surface area contributed by atoms with Gasteiger partial charge in [-0.3, -0.25) is 9.78 Å². The Balaban J connectivity index is 1.59. The molecule has 1 N–H and O–H groups in total. The molecule has 0 bridgehead atoms. The second kappa shape index (κ2) is 8.65. The Labute approximate surface area is 192 Å². The maximum Gasteiger partial charge on any atom is 0.208 e. The van der Waals surface area contributed by atoms with Crippen LogP contribution in [0.5, 0.6) is 11.5 Å². The first-order valence-corrected chi connectivity index (χ1v) is 10.8. The highest BCUT2D eigenvalue weighted by atomic mass is 19.1. The fraction of sp³-hybridized carbons (Fsp3) is 0.269. The summed E-state index contributed by atoms with van der Waals surface area (Å²) in [6, 6.07) is 14.2. The minimum atomic E-state index is -0.308. The molecular weight excluding hydrogens is 419 g/mol. The molecule has 0 atom stereocenters. The van der Waals surface area contributed by atoms with Gasteiger partial charge in [0.25, 0.3) is 0 Å². The Kier molecular flexibility index (Phi) is 5.89. The molecule has 0 aliphatic heterocycles. The molecule has 0 saturated heterocycles. The van der Waals surface area contributed by atoms with Crippen LogP contribution in [-0.4, -0.2) is 20.3 Å². The Morgan fingerprint density at radius 3 is 2.58 bits per heavy atom. The maximum absolute atomic E-state index is 14.3. The number of halogens is 1. The van der Waals surface area contributed by atoms with Gasteiger partial charge in [-0.25, -0.2) is 9.37 Å². The van der Waals surface area contributed by atoms with E-state index in [4.69, 9.17) is 9.72 Å². The molecule has 170 valence electrons. The van der Waals surface area contributed by atoms with E-state index in [2.05, 4.69) is 10.3 Å². The van der Waals surface area contributed by atoms with Gasteiger partial charge < -0.3 is 14.6 Å². The molecule has 0 unspecified atom stereocenters. The van der Waals surface area contributed by atoms with Gasteiger partial charge in [-0.15, -0.1) is 0 Å². The van der Waals surface area contributed by atoms with Crippen molar-refractivity contribution in [2.45, 2.75) is 39.5 Å². The zero-order valence-electron chi connectivity index (χ0n) is 19.4. The third-order valence-electron chi connectivity index (χ3n) is 5.34. The third kappa shape index (κ3) is 5.03. The molecule has 4 rings (SSSR count). The number of hydrogen-bond acceptors (Lipinski definition) is 5. The van der Waals surface area contributed by atoms with E-state index < -0.39 is 0 Å². The number of carbonyl (C=O) groups is 1. The third-order valence-corrected chi connectivity index (χ3v) is 5.34. The first-order chi connectivity index (χ1) is 15.6. The number of aryl methyl sites for hydroxylation is 1. The van der Waals surface area contributed by atoms with Crippen molar-refractivity contribution < 1.29 is 13.9 Å². The minimum Gasteiger partial charge on any atom is -0.457 e. The summed E-state index contributed by atoms with van der Waals surface area (Å²) in [5, 5.41) is 3.30. The lowest BCUT2D eigenvalue weighted by Gasteiger charge is -2.21. The minimum absolute atomic E-state index is 0.0466. The normalized spacial score (nSPS) is 11.6. The lowest BCUT2D eigenvalue weighted by atomic mass is 9.86. The quantitative estimate of drug-likeness (QED) is 0.389. The van der Waals surface area contributed by atoms with Crippen LogP contribution in [0, 0.1) is 5.82 Å². The second-order valence-electron chi connectivity index (χ2n) is 9.18. The topological polar surface area (TPSA) is 69.0 Å². The molecule has 0 fully saturated rings. The van der Waals surface area contributed by atoms with Gasteiger partial charge in [0.15, 0.2) is 0 Å². The fourth-order valence-electron chi connectivity index (χ4n) is 3.67. The van der Waals surface area contributed by atoms with E-state index in [-0.39, 0.29) is 23.4 Å².